The lowest BCUT2D eigenvalue weighted by atomic mass is 10.2. The number of rotatable bonds is 5. The van der Waals surface area contributed by atoms with E-state index in [1.165, 1.54) is 11.3 Å². The number of benzene rings is 1. The van der Waals surface area contributed by atoms with Gasteiger partial charge in [-0.2, -0.15) is 5.10 Å². The molecule has 0 aliphatic heterocycles. The maximum Gasteiger partial charge on any atom is 0.281 e. The van der Waals surface area contributed by atoms with Gasteiger partial charge < -0.3 is 4.74 Å². The molecule has 20 heavy (non-hydrogen) atoms. The van der Waals surface area contributed by atoms with Crippen LogP contribution in [0.1, 0.15) is 22.2 Å². The van der Waals surface area contributed by atoms with Crippen LogP contribution >= 0.6 is 27.3 Å². The van der Waals surface area contributed by atoms with Crippen LogP contribution in [0, 0.1) is 0 Å². The molecule has 0 unspecified atom stereocenters. The maximum absolute atomic E-state index is 11.7. The minimum atomic E-state index is -0.220. The first kappa shape index (κ1) is 14.7. The highest BCUT2D eigenvalue weighted by Gasteiger charge is 2.06. The Kier molecular flexibility index (Phi) is 5.31. The zero-order valence-electron chi connectivity index (χ0n) is 10.8. The van der Waals surface area contributed by atoms with E-state index in [1.54, 1.807) is 12.3 Å². The van der Waals surface area contributed by atoms with E-state index in [4.69, 9.17) is 4.74 Å². The number of hydrogen-bond donors (Lipinski definition) is 1. The molecule has 2 rings (SSSR count). The molecule has 1 amide bonds. The Morgan fingerprint density at radius 1 is 1.35 bits per heavy atom. The molecule has 0 aliphatic rings. The Hall–Kier alpha value is -1.66. The highest BCUT2D eigenvalue weighted by atomic mass is 79.9. The van der Waals surface area contributed by atoms with Crippen molar-refractivity contribution in [3.8, 4) is 5.75 Å². The molecule has 0 saturated heterocycles. The van der Waals surface area contributed by atoms with Crippen LogP contribution in [-0.4, -0.2) is 18.7 Å². The molecule has 0 spiro atoms. The Morgan fingerprint density at radius 2 is 2.10 bits per heavy atom. The van der Waals surface area contributed by atoms with E-state index in [-0.39, 0.29) is 5.91 Å². The fourth-order valence-corrected chi connectivity index (χ4v) is 2.75. The molecular formula is C14H13BrN2O2S. The minimum absolute atomic E-state index is 0.220. The van der Waals surface area contributed by atoms with Gasteiger partial charge in [-0.25, -0.2) is 5.43 Å². The summed E-state index contributed by atoms with van der Waals surface area (Å²) < 4.78 is 6.26. The number of amides is 1. The molecular weight excluding hydrogens is 340 g/mol. The molecule has 0 aliphatic carbocycles. The zero-order chi connectivity index (χ0) is 14.4. The quantitative estimate of drug-likeness (QED) is 0.659. The van der Waals surface area contributed by atoms with Crippen LogP contribution in [0.4, 0.5) is 0 Å². The number of carbonyl (C=O) groups is 1. The van der Waals surface area contributed by atoms with Gasteiger partial charge in [0.1, 0.15) is 5.75 Å². The van der Waals surface area contributed by atoms with Crippen molar-refractivity contribution in [2.24, 2.45) is 5.10 Å². The number of nitrogens with one attached hydrogen (secondary N) is 1. The molecule has 1 aromatic carbocycles. The lowest BCUT2D eigenvalue weighted by Gasteiger charge is -2.02. The fourth-order valence-electron chi connectivity index (χ4n) is 1.47. The van der Waals surface area contributed by atoms with Crippen molar-refractivity contribution in [1.82, 2.24) is 5.43 Å². The lowest BCUT2D eigenvalue weighted by Crippen LogP contribution is -2.16. The van der Waals surface area contributed by atoms with Crippen molar-refractivity contribution in [3.63, 3.8) is 0 Å². The van der Waals surface area contributed by atoms with Crippen LogP contribution in [0.15, 0.2) is 45.3 Å². The van der Waals surface area contributed by atoms with Crippen molar-refractivity contribution in [2.45, 2.75) is 6.92 Å². The molecule has 4 nitrogen and oxygen atoms in total. The zero-order valence-corrected chi connectivity index (χ0v) is 13.2. The normalized spacial score (nSPS) is 10.7. The summed E-state index contributed by atoms with van der Waals surface area (Å²) in [5, 5.41) is 3.93. The number of ether oxygens (including phenoxy) is 1. The molecule has 0 saturated carbocycles. The first-order valence-corrected chi connectivity index (χ1v) is 7.61. The summed E-state index contributed by atoms with van der Waals surface area (Å²) in [4.78, 5) is 12.3. The van der Waals surface area contributed by atoms with Crippen LogP contribution in [0.5, 0.6) is 5.75 Å². The number of hydrazone groups is 1. The van der Waals surface area contributed by atoms with E-state index < -0.39 is 0 Å². The SMILES string of the molecule is CCOc1ccc(/C=N/NC(=O)c2ccc(Br)s2)cc1. The first-order chi connectivity index (χ1) is 9.69. The Bertz CT molecular complexity index is 608. The van der Waals surface area contributed by atoms with Gasteiger partial charge in [-0.15, -0.1) is 11.3 Å². The van der Waals surface area contributed by atoms with Crippen molar-refractivity contribution in [1.29, 1.82) is 0 Å². The van der Waals surface area contributed by atoms with Gasteiger partial charge in [-0.3, -0.25) is 4.79 Å². The summed E-state index contributed by atoms with van der Waals surface area (Å²) in [7, 11) is 0. The van der Waals surface area contributed by atoms with Crippen molar-refractivity contribution >= 4 is 39.4 Å². The topological polar surface area (TPSA) is 50.7 Å². The van der Waals surface area contributed by atoms with E-state index in [0.29, 0.717) is 11.5 Å². The summed E-state index contributed by atoms with van der Waals surface area (Å²) in [5.41, 5.74) is 3.38. The number of nitrogens with zero attached hydrogens (tertiary/aromatic N) is 1. The Balaban J connectivity index is 1.91. The lowest BCUT2D eigenvalue weighted by molar-refractivity contribution is 0.0959. The van der Waals surface area contributed by atoms with Gasteiger partial charge in [0, 0.05) is 0 Å². The molecule has 0 atom stereocenters. The molecule has 1 N–H and O–H groups in total. The molecule has 1 aromatic heterocycles. The predicted molar refractivity (Wildman–Crippen MR) is 84.7 cm³/mol. The molecule has 0 fully saturated rings. The van der Waals surface area contributed by atoms with Crippen molar-refractivity contribution in [3.05, 3.63) is 50.6 Å². The third-order valence-corrected chi connectivity index (χ3v) is 3.99. The van der Waals surface area contributed by atoms with Crippen LogP contribution in [0.2, 0.25) is 0 Å². The average Bonchev–Trinajstić information content (AvgIpc) is 2.88. The van der Waals surface area contributed by atoms with Crippen molar-refractivity contribution < 1.29 is 9.53 Å². The number of thiophene rings is 1. The van der Waals surface area contributed by atoms with E-state index >= 15 is 0 Å². The second kappa shape index (κ2) is 7.21. The van der Waals surface area contributed by atoms with Gasteiger partial charge in [0.25, 0.3) is 5.91 Å². The second-order valence-electron chi connectivity index (χ2n) is 3.80. The van der Waals surface area contributed by atoms with Crippen LogP contribution in [0.25, 0.3) is 0 Å². The van der Waals surface area contributed by atoms with Crippen LogP contribution in [-0.2, 0) is 0 Å². The standard InChI is InChI=1S/C14H13BrN2O2S/c1-2-19-11-5-3-10(4-6-11)9-16-17-14(18)12-7-8-13(15)20-12/h3-9H,2H2,1H3,(H,17,18)/b16-9+. The number of hydrogen-bond acceptors (Lipinski definition) is 4. The Labute approximate surface area is 129 Å². The number of halogens is 1. The average molecular weight is 353 g/mol. The van der Waals surface area contributed by atoms with Gasteiger partial charge in [-0.05, 0) is 64.8 Å². The third kappa shape index (κ3) is 4.18. The van der Waals surface area contributed by atoms with E-state index in [0.717, 1.165) is 15.1 Å². The summed E-state index contributed by atoms with van der Waals surface area (Å²) in [6.45, 7) is 2.58. The maximum atomic E-state index is 11.7. The van der Waals surface area contributed by atoms with Gasteiger partial charge >= 0.3 is 0 Å². The fraction of sp³-hybridized carbons (Fsp3) is 0.143. The van der Waals surface area contributed by atoms with Gasteiger partial charge in [-0.1, -0.05) is 0 Å². The first-order valence-electron chi connectivity index (χ1n) is 6.00. The number of carbonyl (C=O) groups excluding carboxylic acids is 1. The van der Waals surface area contributed by atoms with Gasteiger partial charge in [0.05, 0.1) is 21.5 Å². The smallest absolute Gasteiger partial charge is 0.281 e. The van der Waals surface area contributed by atoms with E-state index in [1.807, 2.05) is 37.3 Å². The molecule has 2 aromatic rings. The summed E-state index contributed by atoms with van der Waals surface area (Å²) in [6.07, 6.45) is 1.59. The van der Waals surface area contributed by atoms with Crippen LogP contribution < -0.4 is 10.2 Å². The van der Waals surface area contributed by atoms with Crippen molar-refractivity contribution in [2.75, 3.05) is 6.61 Å². The minimum Gasteiger partial charge on any atom is -0.494 e. The Morgan fingerprint density at radius 3 is 2.70 bits per heavy atom. The van der Waals surface area contributed by atoms with E-state index in [2.05, 4.69) is 26.5 Å². The molecule has 0 bridgehead atoms. The predicted octanol–water partition coefficient (Wildman–Crippen LogP) is 3.67. The van der Waals surface area contributed by atoms with Crippen LogP contribution in [0.3, 0.4) is 0 Å². The van der Waals surface area contributed by atoms with Gasteiger partial charge in [0.15, 0.2) is 0 Å². The summed E-state index contributed by atoms with van der Waals surface area (Å²) in [6, 6.07) is 11.1. The molecule has 1 heterocycles. The summed E-state index contributed by atoms with van der Waals surface area (Å²) >= 11 is 4.68. The monoisotopic (exact) mass is 352 g/mol. The third-order valence-electron chi connectivity index (χ3n) is 2.37. The highest BCUT2D eigenvalue weighted by Crippen LogP contribution is 2.21. The highest BCUT2D eigenvalue weighted by molar-refractivity contribution is 9.11. The van der Waals surface area contributed by atoms with Gasteiger partial charge in [0.2, 0.25) is 0 Å². The van der Waals surface area contributed by atoms with E-state index in [9.17, 15) is 4.79 Å². The molecule has 6 heteroatoms. The summed E-state index contributed by atoms with van der Waals surface area (Å²) in [5.74, 6) is 0.597. The molecule has 104 valence electrons. The molecule has 0 radical (unpaired) electrons. The second-order valence-corrected chi connectivity index (χ2v) is 6.27. The largest absolute Gasteiger partial charge is 0.494 e.